The van der Waals surface area contributed by atoms with E-state index in [1.807, 2.05) is 26.0 Å². The number of halogens is 1. The van der Waals surface area contributed by atoms with Crippen molar-refractivity contribution in [1.82, 2.24) is 0 Å². The number of carbonyl (C=O) groups excluding carboxylic acids is 2. The summed E-state index contributed by atoms with van der Waals surface area (Å²) in [5, 5.41) is 5.71. The second-order valence-corrected chi connectivity index (χ2v) is 5.55. The predicted octanol–water partition coefficient (Wildman–Crippen LogP) is 3.84. The Morgan fingerprint density at radius 1 is 0.909 bits per heavy atom. The summed E-state index contributed by atoms with van der Waals surface area (Å²) in [5.41, 5.74) is 3.85. The molecule has 4 nitrogen and oxygen atoms in total. The van der Waals surface area contributed by atoms with Crippen molar-refractivity contribution in [3.63, 3.8) is 0 Å². The molecule has 5 heteroatoms. The van der Waals surface area contributed by atoms with E-state index in [2.05, 4.69) is 10.6 Å². The molecule has 0 spiro atoms. The van der Waals surface area contributed by atoms with E-state index in [-0.39, 0.29) is 0 Å². The molecule has 0 aliphatic heterocycles. The molecule has 2 rings (SSSR count). The highest BCUT2D eigenvalue weighted by atomic mass is 35.5. The summed E-state index contributed by atoms with van der Waals surface area (Å²) >= 11 is 5.99. The van der Waals surface area contributed by atoms with E-state index >= 15 is 0 Å². The fourth-order valence-corrected chi connectivity index (χ4v) is 2.23. The summed E-state index contributed by atoms with van der Waals surface area (Å²) in [6.45, 7) is 5.62. The maximum atomic E-state index is 12.0. The Hall–Kier alpha value is -2.33. The molecule has 0 aromatic heterocycles. The molecule has 114 valence electrons. The molecule has 0 saturated carbocycles. The van der Waals surface area contributed by atoms with E-state index in [1.54, 1.807) is 31.2 Å². The van der Waals surface area contributed by atoms with Crippen molar-refractivity contribution in [2.75, 3.05) is 10.6 Å². The Balaban J connectivity index is 2.09. The average Bonchev–Trinajstić information content (AvgIpc) is 2.46. The van der Waals surface area contributed by atoms with Gasteiger partial charge in [-0.2, -0.15) is 0 Å². The van der Waals surface area contributed by atoms with Crippen molar-refractivity contribution >= 4 is 34.8 Å². The number of aryl methyl sites for hydroxylation is 2. The summed E-state index contributed by atoms with van der Waals surface area (Å²) in [6.07, 6.45) is 0. The maximum Gasteiger partial charge on any atom is 0.314 e. The lowest BCUT2D eigenvalue weighted by molar-refractivity contribution is -0.133. The van der Waals surface area contributed by atoms with Crippen LogP contribution in [-0.4, -0.2) is 11.8 Å². The third-order valence-corrected chi connectivity index (χ3v) is 3.76. The van der Waals surface area contributed by atoms with Gasteiger partial charge in [-0.25, -0.2) is 0 Å². The van der Waals surface area contributed by atoms with Crippen molar-refractivity contribution < 1.29 is 9.59 Å². The molecule has 2 amide bonds. The van der Waals surface area contributed by atoms with Crippen molar-refractivity contribution in [2.24, 2.45) is 0 Å². The molecule has 0 fully saturated rings. The van der Waals surface area contributed by atoms with Gasteiger partial charge in [0.05, 0.1) is 0 Å². The molecule has 0 unspecified atom stereocenters. The van der Waals surface area contributed by atoms with Gasteiger partial charge in [-0.1, -0.05) is 35.4 Å². The number of rotatable bonds is 2. The van der Waals surface area contributed by atoms with Crippen LogP contribution in [-0.2, 0) is 9.59 Å². The van der Waals surface area contributed by atoms with E-state index in [0.29, 0.717) is 16.4 Å². The lowest BCUT2D eigenvalue weighted by Gasteiger charge is -2.11. The first-order valence-electron chi connectivity index (χ1n) is 6.83. The summed E-state index contributed by atoms with van der Waals surface area (Å²) < 4.78 is 0. The Kier molecular flexibility index (Phi) is 4.83. The van der Waals surface area contributed by atoms with Gasteiger partial charge in [-0.3, -0.25) is 9.59 Å². The topological polar surface area (TPSA) is 58.2 Å². The Morgan fingerprint density at radius 3 is 2.18 bits per heavy atom. The molecule has 0 saturated heterocycles. The fraction of sp³-hybridized carbons (Fsp3) is 0.176. The lowest BCUT2D eigenvalue weighted by atomic mass is 10.1. The first-order chi connectivity index (χ1) is 10.4. The third-order valence-electron chi connectivity index (χ3n) is 3.35. The smallest absolute Gasteiger partial charge is 0.314 e. The van der Waals surface area contributed by atoms with Crippen LogP contribution in [0.4, 0.5) is 11.4 Å². The minimum atomic E-state index is -0.731. The summed E-state index contributed by atoms with van der Waals surface area (Å²) in [6, 6.07) is 10.7. The van der Waals surface area contributed by atoms with Gasteiger partial charge in [0.1, 0.15) is 0 Å². The van der Waals surface area contributed by atoms with Crippen LogP contribution >= 0.6 is 11.6 Å². The summed E-state index contributed by atoms with van der Waals surface area (Å²) in [5.74, 6) is -1.45. The van der Waals surface area contributed by atoms with Crippen LogP contribution in [0.2, 0.25) is 5.02 Å². The molecule has 2 aromatic rings. The van der Waals surface area contributed by atoms with E-state index in [1.165, 1.54) is 0 Å². The van der Waals surface area contributed by atoms with Crippen LogP contribution in [0.3, 0.4) is 0 Å². The number of nitrogens with one attached hydrogen (secondary N) is 2. The molecule has 0 heterocycles. The minimum Gasteiger partial charge on any atom is -0.318 e. The molecule has 0 aliphatic carbocycles. The van der Waals surface area contributed by atoms with Crippen molar-refractivity contribution in [3.05, 3.63) is 58.1 Å². The number of amides is 2. The highest BCUT2D eigenvalue weighted by molar-refractivity contribution is 6.44. The summed E-state index contributed by atoms with van der Waals surface area (Å²) in [4.78, 5) is 24.0. The van der Waals surface area contributed by atoms with Gasteiger partial charge < -0.3 is 10.6 Å². The van der Waals surface area contributed by atoms with Crippen LogP contribution in [0.5, 0.6) is 0 Å². The van der Waals surface area contributed by atoms with Crippen LogP contribution in [0, 0.1) is 20.8 Å². The van der Waals surface area contributed by atoms with Gasteiger partial charge in [0.2, 0.25) is 0 Å². The molecular formula is C17H17ClN2O2. The van der Waals surface area contributed by atoms with Crippen molar-refractivity contribution in [1.29, 1.82) is 0 Å². The number of anilines is 2. The van der Waals surface area contributed by atoms with E-state index < -0.39 is 11.8 Å². The van der Waals surface area contributed by atoms with Crippen LogP contribution < -0.4 is 10.6 Å². The largest absolute Gasteiger partial charge is 0.318 e. The standard InChI is InChI=1S/C17H17ClN2O2/c1-10-7-8-14(11(2)9-10)19-16(21)17(22)20-15-6-4-5-13(18)12(15)3/h4-9H,1-3H3,(H,19,21)(H,20,22). The first kappa shape index (κ1) is 16.0. The van der Waals surface area contributed by atoms with Crippen molar-refractivity contribution in [2.45, 2.75) is 20.8 Å². The zero-order valence-electron chi connectivity index (χ0n) is 12.7. The number of hydrogen-bond donors (Lipinski definition) is 2. The van der Waals surface area contributed by atoms with Gasteiger partial charge in [-0.05, 0) is 50.1 Å². The van der Waals surface area contributed by atoms with Crippen LogP contribution in [0.25, 0.3) is 0 Å². The van der Waals surface area contributed by atoms with Crippen LogP contribution in [0.1, 0.15) is 16.7 Å². The maximum absolute atomic E-state index is 12.0. The zero-order valence-corrected chi connectivity index (χ0v) is 13.4. The number of carbonyl (C=O) groups is 2. The normalized spacial score (nSPS) is 10.2. The van der Waals surface area contributed by atoms with Gasteiger partial charge >= 0.3 is 11.8 Å². The minimum absolute atomic E-state index is 0.522. The van der Waals surface area contributed by atoms with Crippen molar-refractivity contribution in [3.8, 4) is 0 Å². The second-order valence-electron chi connectivity index (χ2n) is 5.14. The molecule has 0 radical (unpaired) electrons. The van der Waals surface area contributed by atoms with E-state index in [9.17, 15) is 9.59 Å². The quantitative estimate of drug-likeness (QED) is 0.827. The highest BCUT2D eigenvalue weighted by Crippen LogP contribution is 2.23. The molecule has 0 bridgehead atoms. The molecule has 2 N–H and O–H groups in total. The van der Waals surface area contributed by atoms with Gasteiger partial charge in [-0.15, -0.1) is 0 Å². The highest BCUT2D eigenvalue weighted by Gasteiger charge is 2.16. The molecule has 22 heavy (non-hydrogen) atoms. The fourth-order valence-electron chi connectivity index (χ4n) is 2.05. The molecule has 2 aromatic carbocycles. The zero-order chi connectivity index (χ0) is 16.3. The monoisotopic (exact) mass is 316 g/mol. The Bertz CT molecular complexity index is 741. The molecule has 0 atom stereocenters. The van der Waals surface area contributed by atoms with Gasteiger partial charge in [0.15, 0.2) is 0 Å². The average molecular weight is 317 g/mol. The Labute approximate surface area is 134 Å². The van der Waals surface area contributed by atoms with Gasteiger partial charge in [0, 0.05) is 16.4 Å². The third kappa shape index (κ3) is 3.65. The predicted molar refractivity (Wildman–Crippen MR) is 89.4 cm³/mol. The van der Waals surface area contributed by atoms with Crippen LogP contribution in [0.15, 0.2) is 36.4 Å². The summed E-state index contributed by atoms with van der Waals surface area (Å²) in [7, 11) is 0. The SMILES string of the molecule is Cc1ccc(NC(=O)C(=O)Nc2cccc(Cl)c2C)c(C)c1. The number of benzene rings is 2. The van der Waals surface area contributed by atoms with E-state index in [0.717, 1.165) is 16.7 Å². The lowest BCUT2D eigenvalue weighted by Crippen LogP contribution is -2.29. The molecule has 0 aliphatic rings. The Morgan fingerprint density at radius 2 is 1.55 bits per heavy atom. The molecular weight excluding hydrogens is 300 g/mol. The van der Waals surface area contributed by atoms with E-state index in [4.69, 9.17) is 11.6 Å². The second kappa shape index (κ2) is 6.62. The first-order valence-corrected chi connectivity index (χ1v) is 7.21. The van der Waals surface area contributed by atoms with Gasteiger partial charge in [0.25, 0.3) is 0 Å². The number of hydrogen-bond acceptors (Lipinski definition) is 2.